The summed E-state index contributed by atoms with van der Waals surface area (Å²) in [6, 6.07) is 13.9. The molecule has 6 heteroatoms. The van der Waals surface area contributed by atoms with Gasteiger partial charge in [-0.15, -0.1) is 0 Å². The molecule has 1 saturated heterocycles. The van der Waals surface area contributed by atoms with Crippen LogP contribution in [0.25, 0.3) is 6.08 Å². The van der Waals surface area contributed by atoms with Crippen molar-refractivity contribution in [1.29, 1.82) is 0 Å². The van der Waals surface area contributed by atoms with Crippen LogP contribution < -0.4 is 4.90 Å². The van der Waals surface area contributed by atoms with E-state index in [9.17, 15) is 9.90 Å². The third-order valence-corrected chi connectivity index (χ3v) is 4.62. The largest absolute Gasteiger partial charge is 0.507 e. The van der Waals surface area contributed by atoms with Gasteiger partial charge in [-0.1, -0.05) is 53.8 Å². The predicted molar refractivity (Wildman–Crippen MR) is 95.2 cm³/mol. The van der Waals surface area contributed by atoms with Crippen LogP contribution in [-0.4, -0.2) is 15.3 Å². The number of carbonyl (C=O) groups is 1. The molecule has 0 spiro atoms. The molecular formula is C16H10ClNO2S2. The molecule has 1 amide bonds. The van der Waals surface area contributed by atoms with Gasteiger partial charge >= 0.3 is 0 Å². The van der Waals surface area contributed by atoms with Crippen molar-refractivity contribution in [3.05, 3.63) is 64.0 Å². The van der Waals surface area contributed by atoms with Crippen molar-refractivity contribution in [2.45, 2.75) is 0 Å². The van der Waals surface area contributed by atoms with Crippen LogP contribution in [0.2, 0.25) is 5.02 Å². The summed E-state index contributed by atoms with van der Waals surface area (Å²) in [5, 5.41) is 10.3. The molecule has 0 radical (unpaired) electrons. The number of benzene rings is 2. The molecule has 2 aromatic rings. The van der Waals surface area contributed by atoms with Crippen molar-refractivity contribution in [2.24, 2.45) is 0 Å². The van der Waals surface area contributed by atoms with Gasteiger partial charge in [0.25, 0.3) is 5.91 Å². The zero-order chi connectivity index (χ0) is 15.7. The fourth-order valence-electron chi connectivity index (χ4n) is 2.05. The van der Waals surface area contributed by atoms with E-state index < -0.39 is 0 Å². The molecule has 1 N–H and O–H groups in total. The first-order chi connectivity index (χ1) is 10.6. The van der Waals surface area contributed by atoms with Gasteiger partial charge in [-0.2, -0.15) is 0 Å². The second-order valence-corrected chi connectivity index (χ2v) is 6.67. The molecule has 0 bridgehead atoms. The Morgan fingerprint density at radius 2 is 1.91 bits per heavy atom. The number of anilines is 1. The second kappa shape index (κ2) is 6.12. The van der Waals surface area contributed by atoms with Gasteiger partial charge in [-0.3, -0.25) is 9.69 Å². The van der Waals surface area contributed by atoms with Crippen molar-refractivity contribution in [1.82, 2.24) is 0 Å². The summed E-state index contributed by atoms with van der Waals surface area (Å²) >= 11 is 12.4. The molecule has 1 aliphatic heterocycles. The van der Waals surface area contributed by atoms with Crippen LogP contribution in [0.1, 0.15) is 5.56 Å². The number of thioether (sulfide) groups is 1. The highest BCUT2D eigenvalue weighted by Gasteiger charge is 2.33. The quantitative estimate of drug-likeness (QED) is 0.643. The minimum Gasteiger partial charge on any atom is -0.507 e. The summed E-state index contributed by atoms with van der Waals surface area (Å²) in [5.74, 6) is -0.144. The lowest BCUT2D eigenvalue weighted by molar-refractivity contribution is -0.113. The number of hydrogen-bond acceptors (Lipinski definition) is 4. The Balaban J connectivity index is 1.97. The van der Waals surface area contributed by atoms with Gasteiger partial charge in [0.2, 0.25) is 0 Å². The molecule has 0 unspecified atom stereocenters. The third-order valence-electron chi connectivity index (χ3n) is 3.08. The Morgan fingerprint density at radius 1 is 1.18 bits per heavy atom. The molecule has 0 aliphatic carbocycles. The van der Waals surface area contributed by atoms with Crippen LogP contribution in [-0.2, 0) is 4.79 Å². The van der Waals surface area contributed by atoms with Gasteiger partial charge in [0.1, 0.15) is 5.75 Å². The van der Waals surface area contributed by atoms with Gasteiger partial charge in [0, 0.05) is 10.6 Å². The first-order valence-electron chi connectivity index (χ1n) is 6.38. The molecule has 2 aromatic carbocycles. The number of carbonyl (C=O) groups excluding carboxylic acids is 1. The standard InChI is InChI=1S/C16H10ClNO2S2/c17-11-6-7-13(19)10(8-11)9-14-15(20)18(16(21)22-14)12-4-2-1-3-5-12/h1-9,19H. The highest BCUT2D eigenvalue weighted by Crippen LogP contribution is 2.37. The maximum Gasteiger partial charge on any atom is 0.270 e. The van der Waals surface area contributed by atoms with Crippen LogP contribution in [0.15, 0.2) is 53.4 Å². The molecule has 0 atom stereocenters. The van der Waals surface area contributed by atoms with Crippen LogP contribution in [0, 0.1) is 0 Å². The molecule has 1 heterocycles. The van der Waals surface area contributed by atoms with Gasteiger partial charge < -0.3 is 5.11 Å². The van der Waals surface area contributed by atoms with Crippen molar-refractivity contribution < 1.29 is 9.90 Å². The Hall–Kier alpha value is -1.82. The summed E-state index contributed by atoms with van der Waals surface area (Å²) in [6.45, 7) is 0. The number of thiocarbonyl (C=S) groups is 1. The number of hydrogen-bond donors (Lipinski definition) is 1. The van der Waals surface area contributed by atoms with Crippen molar-refractivity contribution >= 4 is 57.6 Å². The smallest absolute Gasteiger partial charge is 0.270 e. The van der Waals surface area contributed by atoms with E-state index in [-0.39, 0.29) is 11.7 Å². The van der Waals surface area contributed by atoms with E-state index in [1.54, 1.807) is 18.2 Å². The van der Waals surface area contributed by atoms with Crippen LogP contribution in [0.4, 0.5) is 5.69 Å². The lowest BCUT2D eigenvalue weighted by Gasteiger charge is -2.13. The molecule has 110 valence electrons. The minimum atomic E-state index is -0.208. The fraction of sp³-hybridized carbons (Fsp3) is 0. The molecule has 1 fully saturated rings. The van der Waals surface area contributed by atoms with E-state index in [0.29, 0.717) is 19.8 Å². The maximum absolute atomic E-state index is 12.6. The number of phenols is 1. The highest BCUT2D eigenvalue weighted by atomic mass is 35.5. The second-order valence-electron chi connectivity index (χ2n) is 4.56. The summed E-state index contributed by atoms with van der Waals surface area (Å²) in [7, 11) is 0. The van der Waals surface area contributed by atoms with Crippen molar-refractivity contribution in [3.8, 4) is 5.75 Å². The zero-order valence-corrected chi connectivity index (χ0v) is 13.6. The summed E-state index contributed by atoms with van der Waals surface area (Å²) in [5.41, 5.74) is 1.21. The summed E-state index contributed by atoms with van der Waals surface area (Å²) < 4.78 is 0.462. The highest BCUT2D eigenvalue weighted by molar-refractivity contribution is 8.27. The molecule has 22 heavy (non-hydrogen) atoms. The lowest BCUT2D eigenvalue weighted by Crippen LogP contribution is -2.27. The van der Waals surface area contributed by atoms with Gasteiger partial charge in [-0.25, -0.2) is 0 Å². The van der Waals surface area contributed by atoms with Crippen molar-refractivity contribution in [3.63, 3.8) is 0 Å². The van der Waals surface area contributed by atoms with E-state index in [1.807, 2.05) is 30.3 Å². The minimum absolute atomic E-state index is 0.0642. The number of nitrogens with zero attached hydrogens (tertiary/aromatic N) is 1. The number of para-hydroxylation sites is 1. The zero-order valence-electron chi connectivity index (χ0n) is 11.2. The fourth-order valence-corrected chi connectivity index (χ4v) is 3.52. The number of phenolic OH excluding ortho intramolecular Hbond substituents is 1. The molecule has 3 rings (SSSR count). The monoisotopic (exact) mass is 347 g/mol. The lowest BCUT2D eigenvalue weighted by atomic mass is 10.2. The summed E-state index contributed by atoms with van der Waals surface area (Å²) in [6.07, 6.45) is 1.60. The van der Waals surface area contributed by atoms with Crippen LogP contribution in [0.3, 0.4) is 0 Å². The van der Waals surface area contributed by atoms with E-state index >= 15 is 0 Å². The predicted octanol–water partition coefficient (Wildman–Crippen LogP) is 4.45. The van der Waals surface area contributed by atoms with Gasteiger partial charge in [-0.05, 0) is 36.4 Å². The van der Waals surface area contributed by atoms with E-state index in [1.165, 1.54) is 22.7 Å². The van der Waals surface area contributed by atoms with Gasteiger partial charge in [0.05, 0.1) is 10.6 Å². The Kier molecular flexibility index (Phi) is 4.20. The Labute approximate surface area is 142 Å². The first-order valence-corrected chi connectivity index (χ1v) is 7.98. The Bertz CT molecular complexity index is 790. The SMILES string of the molecule is O=C1C(=Cc2cc(Cl)ccc2O)SC(=S)N1c1ccccc1. The third kappa shape index (κ3) is 2.88. The molecule has 1 aliphatic rings. The molecule has 0 aromatic heterocycles. The van der Waals surface area contributed by atoms with Crippen molar-refractivity contribution in [2.75, 3.05) is 4.90 Å². The van der Waals surface area contributed by atoms with E-state index in [4.69, 9.17) is 23.8 Å². The average molecular weight is 348 g/mol. The maximum atomic E-state index is 12.6. The average Bonchev–Trinajstić information content (AvgIpc) is 2.78. The molecular weight excluding hydrogens is 338 g/mol. The van der Waals surface area contributed by atoms with E-state index in [2.05, 4.69) is 0 Å². The number of amides is 1. The first kappa shape index (κ1) is 15.1. The topological polar surface area (TPSA) is 40.5 Å². The number of aromatic hydroxyl groups is 1. The van der Waals surface area contributed by atoms with Crippen LogP contribution in [0.5, 0.6) is 5.75 Å². The number of halogens is 1. The molecule has 0 saturated carbocycles. The Morgan fingerprint density at radius 3 is 2.64 bits per heavy atom. The normalized spacial score (nSPS) is 16.6. The van der Waals surface area contributed by atoms with Crippen LogP contribution >= 0.6 is 35.6 Å². The molecule has 3 nitrogen and oxygen atoms in total. The van der Waals surface area contributed by atoms with E-state index in [0.717, 1.165) is 5.69 Å². The van der Waals surface area contributed by atoms with Gasteiger partial charge in [0.15, 0.2) is 4.32 Å². The number of rotatable bonds is 2. The summed E-state index contributed by atoms with van der Waals surface area (Å²) in [4.78, 5) is 14.5.